The SMILES string of the molecule is COc1cc(OC)nc(NC(=O)C2C=CC(N)C2)n1. The molecule has 3 N–H and O–H groups in total. The zero-order valence-corrected chi connectivity index (χ0v) is 10.8. The van der Waals surface area contributed by atoms with E-state index < -0.39 is 0 Å². The van der Waals surface area contributed by atoms with Gasteiger partial charge in [-0.05, 0) is 6.42 Å². The van der Waals surface area contributed by atoms with E-state index in [1.54, 1.807) is 6.08 Å². The molecule has 0 radical (unpaired) electrons. The van der Waals surface area contributed by atoms with Crippen LogP contribution in [0.4, 0.5) is 5.95 Å². The first kappa shape index (κ1) is 13.3. The van der Waals surface area contributed by atoms with Crippen molar-refractivity contribution in [3.8, 4) is 11.8 Å². The number of carbonyl (C=O) groups excluding carboxylic acids is 1. The topological polar surface area (TPSA) is 99.4 Å². The second-order valence-electron chi connectivity index (χ2n) is 4.16. The van der Waals surface area contributed by atoms with Crippen molar-refractivity contribution in [2.75, 3.05) is 19.5 Å². The maximum Gasteiger partial charge on any atom is 0.236 e. The lowest BCUT2D eigenvalue weighted by Gasteiger charge is -2.10. The van der Waals surface area contributed by atoms with E-state index in [1.807, 2.05) is 6.08 Å². The Balaban J connectivity index is 2.10. The van der Waals surface area contributed by atoms with Crippen molar-refractivity contribution >= 4 is 11.9 Å². The number of carbonyl (C=O) groups is 1. The standard InChI is InChI=1S/C12H16N4O3/c1-18-9-6-10(19-2)15-12(14-9)16-11(17)7-3-4-8(13)5-7/h3-4,6-8H,5,13H2,1-2H3,(H,14,15,16,17). The first-order valence-electron chi connectivity index (χ1n) is 5.84. The maximum absolute atomic E-state index is 12.0. The number of nitrogens with two attached hydrogens (primary N) is 1. The summed E-state index contributed by atoms with van der Waals surface area (Å²) in [5.74, 6) is 0.340. The largest absolute Gasteiger partial charge is 0.481 e. The minimum absolute atomic E-state index is 0.0727. The van der Waals surface area contributed by atoms with Crippen molar-refractivity contribution in [3.05, 3.63) is 18.2 Å². The lowest BCUT2D eigenvalue weighted by Crippen LogP contribution is -2.24. The molecule has 2 unspecified atom stereocenters. The first-order valence-corrected chi connectivity index (χ1v) is 5.84. The highest BCUT2D eigenvalue weighted by Crippen LogP contribution is 2.20. The van der Waals surface area contributed by atoms with E-state index in [9.17, 15) is 4.79 Å². The quantitative estimate of drug-likeness (QED) is 0.760. The van der Waals surface area contributed by atoms with Crippen molar-refractivity contribution in [1.29, 1.82) is 0 Å². The third kappa shape index (κ3) is 3.19. The second kappa shape index (κ2) is 5.66. The van der Waals surface area contributed by atoms with Gasteiger partial charge in [0.25, 0.3) is 0 Å². The highest BCUT2D eigenvalue weighted by atomic mass is 16.5. The summed E-state index contributed by atoms with van der Waals surface area (Å²) < 4.78 is 10.0. The van der Waals surface area contributed by atoms with Gasteiger partial charge in [-0.25, -0.2) is 0 Å². The van der Waals surface area contributed by atoms with Crippen LogP contribution in [0.15, 0.2) is 18.2 Å². The van der Waals surface area contributed by atoms with Crippen LogP contribution in [0.5, 0.6) is 11.8 Å². The second-order valence-corrected chi connectivity index (χ2v) is 4.16. The number of amides is 1. The molecule has 0 fully saturated rings. The van der Waals surface area contributed by atoms with Crippen molar-refractivity contribution in [2.24, 2.45) is 11.7 Å². The van der Waals surface area contributed by atoms with E-state index in [0.717, 1.165) is 0 Å². The molecular weight excluding hydrogens is 248 g/mol. The van der Waals surface area contributed by atoms with Crippen LogP contribution in [0.1, 0.15) is 6.42 Å². The van der Waals surface area contributed by atoms with Gasteiger partial charge in [0.1, 0.15) is 0 Å². The Hall–Kier alpha value is -2.15. The van der Waals surface area contributed by atoms with Gasteiger partial charge in [-0.1, -0.05) is 12.2 Å². The van der Waals surface area contributed by atoms with Crippen molar-refractivity contribution < 1.29 is 14.3 Å². The zero-order chi connectivity index (χ0) is 13.8. The number of methoxy groups -OCH3 is 2. The normalized spacial score (nSPS) is 21.2. The molecular formula is C12H16N4O3. The molecule has 0 saturated carbocycles. The summed E-state index contributed by atoms with van der Waals surface area (Å²) in [6, 6.07) is 1.46. The average molecular weight is 264 g/mol. The summed E-state index contributed by atoms with van der Waals surface area (Å²) in [7, 11) is 2.96. The van der Waals surface area contributed by atoms with E-state index in [0.29, 0.717) is 18.2 Å². The van der Waals surface area contributed by atoms with Crippen LogP contribution >= 0.6 is 0 Å². The van der Waals surface area contributed by atoms with Gasteiger partial charge in [-0.15, -0.1) is 0 Å². The fourth-order valence-electron chi connectivity index (χ4n) is 1.79. The maximum atomic E-state index is 12.0. The van der Waals surface area contributed by atoms with E-state index in [2.05, 4.69) is 15.3 Å². The fraction of sp³-hybridized carbons (Fsp3) is 0.417. The first-order chi connectivity index (χ1) is 9.12. The molecule has 0 spiro atoms. The highest BCUT2D eigenvalue weighted by molar-refractivity contribution is 5.92. The minimum atomic E-state index is -0.254. The Labute approximate surface area is 110 Å². The summed E-state index contributed by atoms with van der Waals surface area (Å²) in [5, 5.41) is 2.63. The zero-order valence-electron chi connectivity index (χ0n) is 10.8. The fourth-order valence-corrected chi connectivity index (χ4v) is 1.79. The predicted octanol–water partition coefficient (Wildman–Crippen LogP) is 0.336. The molecule has 7 heteroatoms. The van der Waals surface area contributed by atoms with Crippen molar-refractivity contribution in [3.63, 3.8) is 0 Å². The number of anilines is 1. The van der Waals surface area contributed by atoms with Gasteiger partial charge in [-0.3, -0.25) is 10.1 Å². The van der Waals surface area contributed by atoms with Crippen molar-refractivity contribution in [1.82, 2.24) is 9.97 Å². The van der Waals surface area contributed by atoms with Crippen molar-refractivity contribution in [2.45, 2.75) is 12.5 Å². The number of nitrogens with zero attached hydrogens (tertiary/aromatic N) is 2. The summed E-state index contributed by atoms with van der Waals surface area (Å²) in [6.07, 6.45) is 4.20. The Morgan fingerprint density at radius 1 is 1.32 bits per heavy atom. The van der Waals surface area contributed by atoms with Gasteiger partial charge >= 0.3 is 0 Å². The number of hydrogen-bond acceptors (Lipinski definition) is 6. The van der Waals surface area contributed by atoms with Gasteiger partial charge < -0.3 is 15.2 Å². The molecule has 0 aliphatic heterocycles. The van der Waals surface area contributed by atoms with Crippen LogP contribution in [0.3, 0.4) is 0 Å². The molecule has 2 rings (SSSR count). The number of rotatable bonds is 4. The van der Waals surface area contributed by atoms with E-state index >= 15 is 0 Å². The molecule has 1 aromatic rings. The summed E-state index contributed by atoms with van der Waals surface area (Å²) >= 11 is 0. The van der Waals surface area contributed by atoms with Gasteiger partial charge in [0, 0.05) is 6.04 Å². The minimum Gasteiger partial charge on any atom is -0.481 e. The van der Waals surface area contributed by atoms with Crippen LogP contribution in [0.25, 0.3) is 0 Å². The number of aromatic nitrogens is 2. The molecule has 1 aromatic heterocycles. The van der Waals surface area contributed by atoms with E-state index in [1.165, 1.54) is 20.3 Å². The molecule has 1 heterocycles. The van der Waals surface area contributed by atoms with Gasteiger partial charge in [0.05, 0.1) is 26.2 Å². The highest BCUT2D eigenvalue weighted by Gasteiger charge is 2.23. The number of ether oxygens (including phenoxy) is 2. The third-order valence-corrected chi connectivity index (χ3v) is 2.79. The lowest BCUT2D eigenvalue weighted by atomic mass is 10.1. The molecule has 0 bridgehead atoms. The molecule has 1 amide bonds. The Morgan fingerprint density at radius 3 is 2.42 bits per heavy atom. The molecule has 0 aromatic carbocycles. The third-order valence-electron chi connectivity index (χ3n) is 2.79. The van der Waals surface area contributed by atoms with Crippen LogP contribution in [0, 0.1) is 5.92 Å². The van der Waals surface area contributed by atoms with E-state index in [4.69, 9.17) is 15.2 Å². The Bertz CT molecular complexity index is 481. The number of nitrogens with one attached hydrogen (secondary N) is 1. The lowest BCUT2D eigenvalue weighted by molar-refractivity contribution is -0.118. The summed E-state index contributed by atoms with van der Waals surface area (Å²) in [6.45, 7) is 0. The molecule has 0 saturated heterocycles. The summed E-state index contributed by atoms with van der Waals surface area (Å²) in [4.78, 5) is 20.0. The van der Waals surface area contributed by atoms with Crippen LogP contribution in [-0.2, 0) is 4.79 Å². The molecule has 19 heavy (non-hydrogen) atoms. The predicted molar refractivity (Wildman–Crippen MR) is 69.0 cm³/mol. The van der Waals surface area contributed by atoms with Crippen LogP contribution < -0.4 is 20.5 Å². The Morgan fingerprint density at radius 2 is 1.95 bits per heavy atom. The number of hydrogen-bond donors (Lipinski definition) is 2. The Kier molecular flexibility index (Phi) is 3.96. The average Bonchev–Trinajstić information content (AvgIpc) is 2.85. The molecule has 2 atom stereocenters. The summed E-state index contributed by atoms with van der Waals surface area (Å²) in [5.41, 5.74) is 5.71. The smallest absolute Gasteiger partial charge is 0.236 e. The molecule has 1 aliphatic carbocycles. The van der Waals surface area contributed by atoms with Crippen LogP contribution in [-0.4, -0.2) is 36.1 Å². The van der Waals surface area contributed by atoms with E-state index in [-0.39, 0.29) is 23.8 Å². The van der Waals surface area contributed by atoms with Gasteiger partial charge in [0.2, 0.25) is 23.6 Å². The van der Waals surface area contributed by atoms with Crippen LogP contribution in [0.2, 0.25) is 0 Å². The molecule has 7 nitrogen and oxygen atoms in total. The molecule has 102 valence electrons. The molecule has 1 aliphatic rings. The van der Waals surface area contributed by atoms with Gasteiger partial charge in [-0.2, -0.15) is 9.97 Å². The van der Waals surface area contributed by atoms with Gasteiger partial charge in [0.15, 0.2) is 0 Å². The monoisotopic (exact) mass is 264 g/mol.